The van der Waals surface area contributed by atoms with Crippen molar-refractivity contribution in [3.63, 3.8) is 0 Å². The van der Waals surface area contributed by atoms with Gasteiger partial charge in [-0.25, -0.2) is 0 Å². The Morgan fingerprint density at radius 2 is 2.12 bits per heavy atom. The van der Waals surface area contributed by atoms with Crippen LogP contribution in [0.5, 0.6) is 5.75 Å². The van der Waals surface area contributed by atoms with Crippen LogP contribution in [0.2, 0.25) is 6.32 Å². The second kappa shape index (κ2) is 4.77. The quantitative estimate of drug-likeness (QED) is 0.479. The molecule has 0 aromatic heterocycles. The van der Waals surface area contributed by atoms with Crippen molar-refractivity contribution in [3.8, 4) is 5.75 Å². The summed E-state index contributed by atoms with van der Waals surface area (Å²) < 4.78 is 4.86. The second-order valence-electron chi connectivity index (χ2n) is 3.60. The molecular formula is C9H9BNaO5-. The van der Waals surface area contributed by atoms with E-state index in [0.29, 0.717) is 12.0 Å². The molecule has 0 spiro atoms. The third kappa shape index (κ3) is 2.59. The van der Waals surface area contributed by atoms with E-state index >= 15 is 0 Å². The van der Waals surface area contributed by atoms with Crippen LogP contribution in [0.3, 0.4) is 0 Å². The molecule has 7 heteroatoms. The van der Waals surface area contributed by atoms with Crippen LogP contribution in [0.4, 0.5) is 0 Å². The molecule has 2 rings (SSSR count). The molecule has 0 unspecified atom stereocenters. The fourth-order valence-corrected chi connectivity index (χ4v) is 1.67. The molecule has 16 heavy (non-hydrogen) atoms. The summed E-state index contributed by atoms with van der Waals surface area (Å²) in [6.07, 6.45) is 0.451. The monoisotopic (exact) mass is 231 g/mol. The van der Waals surface area contributed by atoms with Gasteiger partial charge in [0.1, 0.15) is 0 Å². The van der Waals surface area contributed by atoms with E-state index in [9.17, 15) is 19.9 Å². The summed E-state index contributed by atoms with van der Waals surface area (Å²) in [7, 11) is 0. The van der Waals surface area contributed by atoms with Gasteiger partial charge < -0.3 is 24.6 Å². The van der Waals surface area contributed by atoms with Gasteiger partial charge in [0.05, 0.1) is 11.7 Å². The number of carboxylic acids is 1. The summed E-state index contributed by atoms with van der Waals surface area (Å²) >= 11 is 0. The van der Waals surface area contributed by atoms with Crippen LogP contribution in [0.25, 0.3) is 0 Å². The molecule has 1 aromatic carbocycles. The number of carbonyl (C=O) groups is 1. The van der Waals surface area contributed by atoms with Crippen molar-refractivity contribution in [2.75, 3.05) is 0 Å². The van der Waals surface area contributed by atoms with Gasteiger partial charge in [0, 0.05) is 5.56 Å². The predicted molar refractivity (Wildman–Crippen MR) is 50.1 cm³/mol. The minimum absolute atomic E-state index is 0. The van der Waals surface area contributed by atoms with E-state index in [1.54, 1.807) is 12.1 Å². The summed E-state index contributed by atoms with van der Waals surface area (Å²) in [6, 6.07) is 4.57. The zero-order valence-corrected chi connectivity index (χ0v) is 10.8. The molecule has 1 aliphatic heterocycles. The molecule has 0 saturated heterocycles. The van der Waals surface area contributed by atoms with Crippen molar-refractivity contribution in [3.05, 3.63) is 29.3 Å². The van der Waals surface area contributed by atoms with Crippen LogP contribution in [0.1, 0.15) is 15.9 Å². The van der Waals surface area contributed by atoms with E-state index in [4.69, 9.17) is 4.65 Å². The van der Waals surface area contributed by atoms with Crippen LogP contribution < -0.4 is 39.3 Å². The fraction of sp³-hybridized carbons (Fsp3) is 0.222. The van der Waals surface area contributed by atoms with E-state index in [1.807, 2.05) is 0 Å². The molecule has 1 heterocycles. The Morgan fingerprint density at radius 1 is 1.44 bits per heavy atom. The third-order valence-electron chi connectivity index (χ3n) is 2.41. The minimum atomic E-state index is -2.93. The van der Waals surface area contributed by atoms with Gasteiger partial charge in [0.25, 0.3) is 0 Å². The first-order chi connectivity index (χ1) is 6.99. The number of para-hydroxylation sites is 1. The molecule has 80 valence electrons. The topological polar surface area (TPSA) is 89.8 Å². The zero-order valence-electron chi connectivity index (χ0n) is 8.84. The Labute approximate surface area is 114 Å². The smallest absolute Gasteiger partial charge is 0.669 e. The van der Waals surface area contributed by atoms with E-state index in [0.717, 1.165) is 0 Å². The van der Waals surface area contributed by atoms with Crippen molar-refractivity contribution in [2.24, 2.45) is 0 Å². The van der Waals surface area contributed by atoms with Crippen molar-refractivity contribution < 1.29 is 54.2 Å². The number of aromatic carboxylic acids is 1. The molecule has 0 saturated carbocycles. The summed E-state index contributed by atoms with van der Waals surface area (Å²) in [5, 5.41) is 29.4. The molecule has 0 amide bonds. The SMILES string of the molecule is O=C([O-])c1cccc2c1O[B-](O)(O)CC2.[Na+]. The van der Waals surface area contributed by atoms with E-state index in [1.165, 1.54) is 6.07 Å². The summed E-state index contributed by atoms with van der Waals surface area (Å²) in [5.41, 5.74) is 0.499. The van der Waals surface area contributed by atoms with Crippen LogP contribution in [-0.2, 0) is 6.42 Å². The molecule has 0 radical (unpaired) electrons. The largest absolute Gasteiger partial charge is 1.00 e. The summed E-state index contributed by atoms with van der Waals surface area (Å²) in [5.74, 6) is -1.38. The Balaban J connectivity index is 0.00000128. The Hall–Kier alpha value is -0.525. The maximum absolute atomic E-state index is 10.7. The van der Waals surface area contributed by atoms with Crippen molar-refractivity contribution in [1.29, 1.82) is 0 Å². The minimum Gasteiger partial charge on any atom is -0.669 e. The fourth-order valence-electron chi connectivity index (χ4n) is 1.67. The molecule has 1 aromatic rings. The average Bonchev–Trinajstić information content (AvgIpc) is 2.15. The van der Waals surface area contributed by atoms with Gasteiger partial charge >= 0.3 is 36.3 Å². The molecule has 0 bridgehead atoms. The van der Waals surface area contributed by atoms with E-state index in [2.05, 4.69) is 0 Å². The summed E-state index contributed by atoms with van der Waals surface area (Å²) in [6.45, 7) is -2.93. The van der Waals surface area contributed by atoms with E-state index in [-0.39, 0.29) is 47.2 Å². The van der Waals surface area contributed by atoms with Gasteiger partial charge in [-0.2, -0.15) is 0 Å². The van der Waals surface area contributed by atoms with Gasteiger partial charge in [-0.1, -0.05) is 18.5 Å². The molecular weight excluding hydrogens is 222 g/mol. The number of hydrogen-bond donors (Lipinski definition) is 2. The van der Waals surface area contributed by atoms with E-state index < -0.39 is 12.7 Å². The number of carboxylic acid groups (broad SMARTS) is 1. The number of fused-ring (bicyclic) bond motifs is 1. The number of hydrogen-bond acceptors (Lipinski definition) is 5. The van der Waals surface area contributed by atoms with Crippen LogP contribution >= 0.6 is 0 Å². The molecule has 5 nitrogen and oxygen atoms in total. The normalized spacial score (nSPS) is 16.6. The molecule has 0 fully saturated rings. The first kappa shape index (κ1) is 13.5. The van der Waals surface area contributed by atoms with Crippen LogP contribution in [0, 0.1) is 0 Å². The van der Waals surface area contributed by atoms with Crippen molar-refractivity contribution in [1.82, 2.24) is 0 Å². The maximum Gasteiger partial charge on any atom is 1.00 e. The zero-order chi connectivity index (χ0) is 11.1. The van der Waals surface area contributed by atoms with Gasteiger partial charge in [-0.3, -0.25) is 0 Å². The van der Waals surface area contributed by atoms with Crippen molar-refractivity contribution >= 4 is 12.7 Å². The second-order valence-corrected chi connectivity index (χ2v) is 3.60. The Kier molecular flexibility index (Phi) is 4.04. The van der Waals surface area contributed by atoms with Gasteiger partial charge in [-0.05, 0) is 18.1 Å². The van der Waals surface area contributed by atoms with Crippen LogP contribution in [-0.4, -0.2) is 22.8 Å². The molecule has 0 aliphatic carbocycles. The molecule has 1 aliphatic rings. The van der Waals surface area contributed by atoms with Crippen LogP contribution in [0.15, 0.2) is 18.2 Å². The number of rotatable bonds is 1. The van der Waals surface area contributed by atoms with Crippen molar-refractivity contribution in [2.45, 2.75) is 12.7 Å². The Morgan fingerprint density at radius 3 is 2.75 bits per heavy atom. The van der Waals surface area contributed by atoms with Gasteiger partial charge in [0.2, 0.25) is 0 Å². The summed E-state index contributed by atoms with van der Waals surface area (Å²) in [4.78, 5) is 10.7. The number of carbonyl (C=O) groups excluding carboxylic acids is 1. The number of aryl methyl sites for hydroxylation is 1. The first-order valence-electron chi connectivity index (χ1n) is 4.62. The average molecular weight is 231 g/mol. The predicted octanol–water partition coefficient (Wildman–Crippen LogP) is -4.09. The number of benzene rings is 1. The van der Waals surface area contributed by atoms with Gasteiger partial charge in [-0.15, -0.1) is 0 Å². The maximum atomic E-state index is 10.7. The first-order valence-corrected chi connectivity index (χ1v) is 4.62. The molecule has 0 atom stereocenters. The molecule has 2 N–H and O–H groups in total. The third-order valence-corrected chi connectivity index (χ3v) is 2.41. The van der Waals surface area contributed by atoms with Gasteiger partial charge in [0.15, 0.2) is 0 Å². The Bertz CT molecular complexity index is 420. The standard InChI is InChI=1S/C9H10BO5.Na/c11-9(12)7-3-1-2-6-4-5-10(13,14)15-8(6)7;/h1-3,13-14H,4-5H2,(H,11,12);/q-1;+1/p-1.